The largest absolute Gasteiger partial charge is 0.330 e. The van der Waals surface area contributed by atoms with Gasteiger partial charge in [0, 0.05) is 6.54 Å². The molecule has 5 nitrogen and oxygen atoms in total. The smallest absolute Gasteiger partial charge is 0.276 e. The molecule has 0 radical (unpaired) electrons. The first-order chi connectivity index (χ1) is 6.77. The summed E-state index contributed by atoms with van der Waals surface area (Å²) in [6, 6.07) is 0. The highest BCUT2D eigenvalue weighted by Gasteiger charge is 2.21. The third-order valence-corrected chi connectivity index (χ3v) is 2.03. The van der Waals surface area contributed by atoms with E-state index in [0.29, 0.717) is 13.0 Å². The zero-order valence-corrected chi connectivity index (χ0v) is 7.40. The molecule has 0 aromatic carbocycles. The predicted octanol–water partition coefficient (Wildman–Crippen LogP) is 0.504. The molecule has 74 valence electrons. The minimum Gasteiger partial charge on any atom is -0.330 e. The number of hydrogen-bond acceptors (Lipinski definition) is 3. The lowest BCUT2D eigenvalue weighted by Gasteiger charge is -2.23. The van der Waals surface area contributed by atoms with Crippen LogP contribution in [0.5, 0.6) is 0 Å². The second-order valence-corrected chi connectivity index (χ2v) is 3.02. The van der Waals surface area contributed by atoms with Gasteiger partial charge in [0.1, 0.15) is 5.83 Å². The van der Waals surface area contributed by atoms with Crippen molar-refractivity contribution >= 4 is 5.91 Å². The molecule has 0 aliphatic carbocycles. The number of aromatic nitrogens is 3. The molecule has 1 N–H and O–H groups in total. The number of carbonyl (C=O) groups excluding carboxylic acids is 1. The molecular weight excluding hydrogens is 187 g/mol. The van der Waals surface area contributed by atoms with E-state index in [-0.39, 0.29) is 24.0 Å². The fourth-order valence-corrected chi connectivity index (χ4v) is 1.34. The fraction of sp³-hybridized carbons (Fsp3) is 0.375. The summed E-state index contributed by atoms with van der Waals surface area (Å²) in [7, 11) is 0. The normalized spacial score (nSPS) is 16.6. The highest BCUT2D eigenvalue weighted by atomic mass is 19.1. The van der Waals surface area contributed by atoms with E-state index in [1.807, 2.05) is 0 Å². The van der Waals surface area contributed by atoms with Gasteiger partial charge in [0.2, 0.25) is 0 Å². The molecule has 0 spiro atoms. The van der Waals surface area contributed by atoms with Crippen LogP contribution in [0, 0.1) is 0 Å². The third-order valence-electron chi connectivity index (χ3n) is 2.03. The van der Waals surface area contributed by atoms with Gasteiger partial charge in [-0.1, -0.05) is 0 Å². The van der Waals surface area contributed by atoms with Crippen molar-refractivity contribution in [2.24, 2.45) is 0 Å². The van der Waals surface area contributed by atoms with Crippen LogP contribution in [0.3, 0.4) is 0 Å². The van der Waals surface area contributed by atoms with Crippen molar-refractivity contribution in [3.8, 4) is 0 Å². The van der Waals surface area contributed by atoms with Crippen LogP contribution < -0.4 is 0 Å². The molecule has 1 aromatic heterocycles. The second-order valence-electron chi connectivity index (χ2n) is 3.02. The van der Waals surface area contributed by atoms with Gasteiger partial charge in [-0.25, -0.2) is 4.39 Å². The monoisotopic (exact) mass is 196 g/mol. The Morgan fingerprint density at radius 1 is 1.64 bits per heavy atom. The minimum absolute atomic E-state index is 0.0334. The number of nitrogens with zero attached hydrogens (tertiary/aromatic N) is 3. The van der Waals surface area contributed by atoms with Crippen molar-refractivity contribution in [3.05, 3.63) is 23.8 Å². The van der Waals surface area contributed by atoms with Crippen LogP contribution in [-0.2, 0) is 0 Å². The first-order valence-electron chi connectivity index (χ1n) is 4.27. The Balaban J connectivity index is 2.10. The molecule has 0 unspecified atom stereocenters. The van der Waals surface area contributed by atoms with Gasteiger partial charge >= 0.3 is 0 Å². The van der Waals surface area contributed by atoms with Crippen LogP contribution in [0.25, 0.3) is 0 Å². The number of carbonyl (C=O) groups is 1. The molecule has 0 saturated carbocycles. The van der Waals surface area contributed by atoms with Gasteiger partial charge in [0.05, 0.1) is 12.7 Å². The highest BCUT2D eigenvalue weighted by molar-refractivity contribution is 5.92. The predicted molar refractivity (Wildman–Crippen MR) is 46.1 cm³/mol. The Morgan fingerprint density at radius 2 is 2.50 bits per heavy atom. The summed E-state index contributed by atoms with van der Waals surface area (Å²) >= 11 is 0. The van der Waals surface area contributed by atoms with Gasteiger partial charge in [-0.3, -0.25) is 4.79 Å². The molecule has 14 heavy (non-hydrogen) atoms. The molecule has 1 aliphatic rings. The summed E-state index contributed by atoms with van der Waals surface area (Å²) in [5, 5.41) is 9.52. The van der Waals surface area contributed by atoms with Crippen molar-refractivity contribution in [1.29, 1.82) is 0 Å². The van der Waals surface area contributed by atoms with Gasteiger partial charge in [-0.15, -0.1) is 0 Å². The quantitative estimate of drug-likeness (QED) is 0.711. The van der Waals surface area contributed by atoms with Crippen LogP contribution in [0.1, 0.15) is 16.9 Å². The maximum absolute atomic E-state index is 12.9. The maximum atomic E-state index is 12.9. The highest BCUT2D eigenvalue weighted by Crippen LogP contribution is 2.12. The van der Waals surface area contributed by atoms with Crippen LogP contribution in [0.4, 0.5) is 4.39 Å². The number of nitrogens with one attached hydrogen (secondary N) is 1. The first-order valence-corrected chi connectivity index (χ1v) is 4.27. The summed E-state index contributed by atoms with van der Waals surface area (Å²) in [4.78, 5) is 13.0. The molecule has 1 amide bonds. The van der Waals surface area contributed by atoms with E-state index in [0.717, 1.165) is 0 Å². The lowest BCUT2D eigenvalue weighted by atomic mass is 10.2. The number of H-pyrrole nitrogens is 1. The van der Waals surface area contributed by atoms with Crippen LogP contribution >= 0.6 is 0 Å². The van der Waals surface area contributed by atoms with Gasteiger partial charge in [-0.2, -0.15) is 15.4 Å². The van der Waals surface area contributed by atoms with Crippen LogP contribution in [-0.4, -0.2) is 39.3 Å². The minimum atomic E-state index is -0.290. The third kappa shape index (κ3) is 1.63. The number of halogens is 1. The topological polar surface area (TPSA) is 61.9 Å². The van der Waals surface area contributed by atoms with Crippen molar-refractivity contribution in [2.75, 3.05) is 13.1 Å². The lowest BCUT2D eigenvalue weighted by Crippen LogP contribution is -2.35. The fourth-order valence-electron chi connectivity index (χ4n) is 1.34. The van der Waals surface area contributed by atoms with Crippen molar-refractivity contribution in [2.45, 2.75) is 6.42 Å². The molecule has 0 saturated heterocycles. The second kappa shape index (κ2) is 3.57. The van der Waals surface area contributed by atoms with Gasteiger partial charge in [0.15, 0.2) is 5.69 Å². The summed E-state index contributed by atoms with van der Waals surface area (Å²) in [6.07, 6.45) is 3.38. The Bertz CT molecular complexity index is 359. The van der Waals surface area contributed by atoms with Crippen molar-refractivity contribution < 1.29 is 9.18 Å². The zero-order chi connectivity index (χ0) is 9.97. The van der Waals surface area contributed by atoms with Gasteiger partial charge in [0.25, 0.3) is 5.91 Å². The number of hydrogen-bond donors (Lipinski definition) is 1. The molecule has 1 aromatic rings. The molecule has 0 fully saturated rings. The van der Waals surface area contributed by atoms with E-state index in [4.69, 9.17) is 0 Å². The van der Waals surface area contributed by atoms with E-state index >= 15 is 0 Å². The first kappa shape index (κ1) is 8.86. The number of rotatable bonds is 1. The van der Waals surface area contributed by atoms with Gasteiger partial charge in [-0.05, 0) is 12.5 Å². The van der Waals surface area contributed by atoms with E-state index in [2.05, 4.69) is 15.4 Å². The van der Waals surface area contributed by atoms with Crippen LogP contribution in [0.2, 0.25) is 0 Å². The molecule has 0 bridgehead atoms. The van der Waals surface area contributed by atoms with Crippen LogP contribution in [0.15, 0.2) is 18.1 Å². The van der Waals surface area contributed by atoms with E-state index in [1.54, 1.807) is 0 Å². The summed E-state index contributed by atoms with van der Waals surface area (Å²) in [6.45, 7) is 0.560. The average Bonchev–Trinajstić information content (AvgIpc) is 2.69. The number of aromatic amines is 1. The molecule has 0 atom stereocenters. The van der Waals surface area contributed by atoms with E-state index in [9.17, 15) is 9.18 Å². The number of amides is 1. The maximum Gasteiger partial charge on any atom is 0.276 e. The Hall–Kier alpha value is -1.72. The van der Waals surface area contributed by atoms with Crippen molar-refractivity contribution in [3.63, 3.8) is 0 Å². The average molecular weight is 196 g/mol. The van der Waals surface area contributed by atoms with Gasteiger partial charge < -0.3 is 4.90 Å². The summed E-state index contributed by atoms with van der Waals surface area (Å²) < 4.78 is 12.9. The zero-order valence-electron chi connectivity index (χ0n) is 7.40. The van der Waals surface area contributed by atoms with E-state index in [1.165, 1.54) is 17.2 Å². The summed E-state index contributed by atoms with van der Waals surface area (Å²) in [5.74, 6) is -0.560. The Kier molecular flexibility index (Phi) is 2.26. The standard InChI is InChI=1S/C8H9FN4O/c9-6-2-1-3-13(5-6)8(14)7-4-10-12-11-7/h2,4H,1,3,5H2,(H,10,11,12). The van der Waals surface area contributed by atoms with E-state index < -0.39 is 0 Å². The Labute approximate surface area is 79.6 Å². The molecule has 2 heterocycles. The summed E-state index contributed by atoms with van der Waals surface area (Å²) in [5.41, 5.74) is 0.222. The molecular formula is C8H9FN4O. The molecule has 1 aliphatic heterocycles. The molecule has 2 rings (SSSR count). The lowest BCUT2D eigenvalue weighted by molar-refractivity contribution is 0.0749. The van der Waals surface area contributed by atoms with Crippen molar-refractivity contribution in [1.82, 2.24) is 20.3 Å². The SMILES string of the molecule is O=C(c1cn[nH]n1)N1CCC=C(F)C1. The Morgan fingerprint density at radius 3 is 3.14 bits per heavy atom. The molecule has 6 heteroatoms.